The van der Waals surface area contributed by atoms with Gasteiger partial charge in [0.05, 0.1) is 22.2 Å². The smallest absolute Gasteiger partial charge is 0.311 e. The minimum Gasteiger partial charge on any atom is -0.343 e. The summed E-state index contributed by atoms with van der Waals surface area (Å²) in [5, 5.41) is -0.743. The Morgan fingerprint density at radius 1 is 1.06 bits per heavy atom. The lowest BCUT2D eigenvalue weighted by molar-refractivity contribution is -0.130. The molecule has 1 aliphatic heterocycles. The number of hydrogen-bond acceptors (Lipinski definition) is 4. The molecule has 4 rings (SSSR count). The molecule has 0 atom stereocenters. The highest BCUT2D eigenvalue weighted by Gasteiger charge is 2.33. The Morgan fingerprint density at radius 3 is 2.00 bits per heavy atom. The van der Waals surface area contributed by atoms with Crippen LogP contribution in [0.15, 0.2) is 47.6 Å². The average Bonchev–Trinajstić information content (AvgIpc) is 3.24. The summed E-state index contributed by atoms with van der Waals surface area (Å²) in [4.78, 5) is 17.8. The van der Waals surface area contributed by atoms with E-state index in [1.165, 1.54) is 35.8 Å². The first-order valence-electron chi connectivity index (χ1n) is 10.7. The minimum atomic E-state index is -4.67. The second kappa shape index (κ2) is 9.85. The maximum absolute atomic E-state index is 13.9. The summed E-state index contributed by atoms with van der Waals surface area (Å²) >= 11 is 12.1. The summed E-state index contributed by atoms with van der Waals surface area (Å²) in [7, 11) is -4.67. The molecule has 35 heavy (non-hydrogen) atoms. The first kappa shape index (κ1) is 25.6. The van der Waals surface area contributed by atoms with E-state index in [1.54, 1.807) is 4.90 Å². The molecule has 2 aromatic carbocycles. The van der Waals surface area contributed by atoms with Gasteiger partial charge in [-0.05, 0) is 48.2 Å². The molecule has 3 aromatic rings. The number of nitrogens with zero attached hydrogens (tertiary/aromatic N) is 3. The molecule has 0 spiro atoms. The summed E-state index contributed by atoms with van der Waals surface area (Å²) in [6.45, 7) is 2.23. The molecule has 0 saturated carbocycles. The number of hydrogen-bond donors (Lipinski definition) is 1. The lowest BCUT2D eigenvalue weighted by atomic mass is 9.89. The van der Waals surface area contributed by atoms with Gasteiger partial charge in [-0.3, -0.25) is 9.35 Å². The van der Waals surface area contributed by atoms with Crippen molar-refractivity contribution in [2.75, 3.05) is 13.1 Å². The van der Waals surface area contributed by atoms with Crippen LogP contribution in [0.25, 0.3) is 0 Å². The van der Waals surface area contributed by atoms with Gasteiger partial charge in [0, 0.05) is 26.1 Å². The number of imidazole rings is 1. The Hall–Kier alpha value is -2.53. The van der Waals surface area contributed by atoms with E-state index in [-0.39, 0.29) is 21.8 Å². The maximum Gasteiger partial charge on any atom is 0.311 e. The van der Waals surface area contributed by atoms with Crippen LogP contribution in [0.5, 0.6) is 0 Å². The highest BCUT2D eigenvalue weighted by molar-refractivity contribution is 7.85. The molecule has 0 radical (unpaired) electrons. The third-order valence-corrected chi connectivity index (χ3v) is 7.55. The number of amides is 1. The molecule has 12 heteroatoms. The average molecular weight is 544 g/mol. The standard InChI is InChI=1S/C23H21Cl2F2N3O4S/c1-13(31)29-8-6-16(7-9-29)30-21(35(32,33)34)12-28-23(30)22(14-2-4-19(26)17(24)10-14)15-3-5-20(27)18(25)11-15/h2-5,10-12,16,22H,6-9H2,1H3,(H,32,33,34). The highest BCUT2D eigenvalue weighted by atomic mass is 35.5. The monoisotopic (exact) mass is 543 g/mol. The molecule has 0 unspecified atom stereocenters. The Kier molecular flexibility index (Phi) is 7.19. The normalized spacial score (nSPS) is 15.1. The molecule has 1 fully saturated rings. The van der Waals surface area contributed by atoms with Gasteiger partial charge < -0.3 is 9.47 Å². The van der Waals surface area contributed by atoms with E-state index in [0.717, 1.165) is 18.3 Å². The summed E-state index contributed by atoms with van der Waals surface area (Å²) < 4.78 is 63.8. The van der Waals surface area contributed by atoms with E-state index in [4.69, 9.17) is 23.2 Å². The zero-order valence-electron chi connectivity index (χ0n) is 18.5. The van der Waals surface area contributed by atoms with Crippen LogP contribution in [0, 0.1) is 11.6 Å². The summed E-state index contributed by atoms with van der Waals surface area (Å²) in [6, 6.07) is 7.60. The van der Waals surface area contributed by atoms with Gasteiger partial charge in [0.2, 0.25) is 5.91 Å². The third-order valence-electron chi connectivity index (χ3n) is 6.14. The van der Waals surface area contributed by atoms with Gasteiger partial charge in [0.15, 0.2) is 5.03 Å². The first-order chi connectivity index (χ1) is 16.5. The molecule has 0 bridgehead atoms. The molecule has 1 aromatic heterocycles. The van der Waals surface area contributed by atoms with Crippen molar-refractivity contribution < 1.29 is 26.5 Å². The number of likely N-dealkylation sites (tertiary alicyclic amines) is 1. The van der Waals surface area contributed by atoms with Crippen LogP contribution in [0.1, 0.15) is 48.7 Å². The number of halogens is 4. The van der Waals surface area contributed by atoms with Crippen LogP contribution in [0.4, 0.5) is 8.78 Å². The number of benzene rings is 2. The van der Waals surface area contributed by atoms with E-state index in [0.29, 0.717) is 37.1 Å². The van der Waals surface area contributed by atoms with E-state index >= 15 is 0 Å². The Morgan fingerprint density at radius 2 is 1.57 bits per heavy atom. The van der Waals surface area contributed by atoms with Crippen LogP contribution < -0.4 is 0 Å². The highest BCUT2D eigenvalue weighted by Crippen LogP contribution is 2.38. The fraction of sp³-hybridized carbons (Fsp3) is 0.304. The Labute approximate surface area is 211 Å². The second-order valence-electron chi connectivity index (χ2n) is 8.32. The van der Waals surface area contributed by atoms with Gasteiger partial charge in [0.25, 0.3) is 0 Å². The number of rotatable bonds is 5. The van der Waals surface area contributed by atoms with E-state index in [2.05, 4.69) is 4.98 Å². The Bertz CT molecular complexity index is 1340. The van der Waals surface area contributed by atoms with Crippen LogP contribution in [0.3, 0.4) is 0 Å². The van der Waals surface area contributed by atoms with Crippen molar-refractivity contribution in [3.05, 3.63) is 81.2 Å². The molecule has 1 N–H and O–H groups in total. The zero-order chi connectivity index (χ0) is 25.5. The second-order valence-corrected chi connectivity index (χ2v) is 10.5. The summed E-state index contributed by atoms with van der Waals surface area (Å²) in [5.41, 5.74) is 0.906. The lowest BCUT2D eigenvalue weighted by Crippen LogP contribution is -2.38. The molecule has 0 aliphatic carbocycles. The van der Waals surface area contributed by atoms with Crippen molar-refractivity contribution in [3.63, 3.8) is 0 Å². The van der Waals surface area contributed by atoms with Gasteiger partial charge in [-0.2, -0.15) is 8.42 Å². The predicted octanol–water partition coefficient (Wildman–Crippen LogP) is 5.08. The van der Waals surface area contributed by atoms with Crippen molar-refractivity contribution >= 4 is 39.2 Å². The SMILES string of the molecule is CC(=O)N1CCC(n2c(S(=O)(=O)O)cnc2C(c2ccc(F)c(Cl)c2)c2ccc(F)c(Cl)c2)CC1. The summed E-state index contributed by atoms with van der Waals surface area (Å²) in [5.74, 6) is -2.00. The fourth-order valence-corrected chi connectivity index (χ4v) is 5.50. The quantitative estimate of drug-likeness (QED) is 0.453. The molecule has 7 nitrogen and oxygen atoms in total. The van der Waals surface area contributed by atoms with Gasteiger partial charge >= 0.3 is 10.1 Å². The Balaban J connectivity index is 1.92. The number of piperidine rings is 1. The van der Waals surface area contributed by atoms with E-state index < -0.39 is 38.7 Å². The number of carbonyl (C=O) groups excluding carboxylic acids is 1. The fourth-order valence-electron chi connectivity index (χ4n) is 4.44. The number of aromatic nitrogens is 2. The molecule has 1 amide bonds. The van der Waals surface area contributed by atoms with Crippen LogP contribution in [-0.2, 0) is 14.9 Å². The molecule has 1 aliphatic rings. The largest absolute Gasteiger partial charge is 0.343 e. The maximum atomic E-state index is 13.9. The molecule has 186 valence electrons. The van der Waals surface area contributed by atoms with E-state index in [1.807, 2.05) is 0 Å². The van der Waals surface area contributed by atoms with Gasteiger partial charge in [-0.1, -0.05) is 35.3 Å². The first-order valence-corrected chi connectivity index (χ1v) is 12.9. The minimum absolute atomic E-state index is 0.0934. The van der Waals surface area contributed by atoms with Gasteiger partial charge in [-0.25, -0.2) is 13.8 Å². The third kappa shape index (κ3) is 5.20. The van der Waals surface area contributed by atoms with Crippen molar-refractivity contribution in [3.8, 4) is 0 Å². The van der Waals surface area contributed by atoms with Gasteiger partial charge in [-0.15, -0.1) is 0 Å². The van der Waals surface area contributed by atoms with Crippen molar-refractivity contribution in [2.45, 2.75) is 36.8 Å². The van der Waals surface area contributed by atoms with Crippen LogP contribution in [-0.4, -0.2) is 46.4 Å². The van der Waals surface area contributed by atoms with E-state index in [9.17, 15) is 26.5 Å². The lowest BCUT2D eigenvalue weighted by Gasteiger charge is -2.34. The van der Waals surface area contributed by atoms with Crippen molar-refractivity contribution in [1.82, 2.24) is 14.5 Å². The van der Waals surface area contributed by atoms with Gasteiger partial charge in [0.1, 0.15) is 17.5 Å². The van der Waals surface area contributed by atoms with Crippen LogP contribution >= 0.6 is 23.2 Å². The molecule has 2 heterocycles. The molecular weight excluding hydrogens is 523 g/mol. The predicted molar refractivity (Wildman–Crippen MR) is 126 cm³/mol. The van der Waals surface area contributed by atoms with Crippen molar-refractivity contribution in [1.29, 1.82) is 0 Å². The van der Waals surface area contributed by atoms with Crippen LogP contribution in [0.2, 0.25) is 10.0 Å². The topological polar surface area (TPSA) is 92.5 Å². The zero-order valence-corrected chi connectivity index (χ0v) is 20.8. The van der Waals surface area contributed by atoms with Crippen molar-refractivity contribution in [2.24, 2.45) is 0 Å². The number of carbonyl (C=O) groups is 1. The molecule has 1 saturated heterocycles. The summed E-state index contributed by atoms with van der Waals surface area (Å²) in [6.07, 6.45) is 1.87. The molecular formula is C23H21Cl2F2N3O4S.